The lowest BCUT2D eigenvalue weighted by atomic mass is 10.0. The molecule has 0 aliphatic heterocycles. The summed E-state index contributed by atoms with van der Waals surface area (Å²) in [7, 11) is 0. The molecule has 0 N–H and O–H groups in total. The van der Waals surface area contributed by atoms with E-state index in [9.17, 15) is 4.79 Å². The van der Waals surface area contributed by atoms with E-state index in [1.165, 1.54) is 25.7 Å². The van der Waals surface area contributed by atoms with E-state index in [4.69, 9.17) is 9.72 Å². The van der Waals surface area contributed by atoms with E-state index in [2.05, 4.69) is 26.0 Å². The highest BCUT2D eigenvalue weighted by molar-refractivity contribution is 5.89. The first-order chi connectivity index (χ1) is 13.2. The van der Waals surface area contributed by atoms with E-state index in [0.717, 1.165) is 47.8 Å². The van der Waals surface area contributed by atoms with Crippen LogP contribution in [-0.2, 0) is 17.6 Å². The number of para-hydroxylation sites is 1. The molecule has 0 saturated heterocycles. The predicted molar refractivity (Wildman–Crippen MR) is 113 cm³/mol. The average Bonchev–Trinajstić information content (AvgIpc) is 2.67. The Balaban J connectivity index is 2.24. The molecule has 146 valence electrons. The zero-order chi connectivity index (χ0) is 19.5. The molecule has 0 amide bonds. The van der Waals surface area contributed by atoms with Crippen molar-refractivity contribution < 1.29 is 9.53 Å². The van der Waals surface area contributed by atoms with Crippen molar-refractivity contribution in [3.63, 3.8) is 0 Å². The van der Waals surface area contributed by atoms with Crippen LogP contribution < -0.4 is 4.74 Å². The number of esters is 1. The molecular formula is C24H33NO2. The maximum atomic E-state index is 12.2. The standard InChI is InChI=1S/C24H33NO2/c1-4-7-8-9-10-11-12-17-21-19(6-3)24(27-23(26)15-5-2)20-16-13-14-18-22(20)25-21/h11-14,16,18H,4-10,15,17H2,1-3H3/b12-11+. The average molecular weight is 368 g/mol. The SMILES string of the molecule is CCCCCC/C=C/Cc1nc2ccccc2c(OC(=O)CCC)c1CC. The molecule has 1 aromatic carbocycles. The molecule has 0 radical (unpaired) electrons. The molecule has 0 spiro atoms. The second kappa shape index (κ2) is 11.5. The second-order valence-electron chi connectivity index (χ2n) is 6.99. The molecular weight excluding hydrogens is 334 g/mol. The van der Waals surface area contributed by atoms with Crippen molar-refractivity contribution >= 4 is 16.9 Å². The van der Waals surface area contributed by atoms with Gasteiger partial charge in [0.15, 0.2) is 0 Å². The van der Waals surface area contributed by atoms with Crippen LogP contribution in [-0.4, -0.2) is 11.0 Å². The molecule has 0 aliphatic carbocycles. The summed E-state index contributed by atoms with van der Waals surface area (Å²) >= 11 is 0. The van der Waals surface area contributed by atoms with Crippen LogP contribution in [0.1, 0.15) is 77.0 Å². The maximum absolute atomic E-state index is 12.2. The molecule has 0 bridgehead atoms. The molecule has 0 atom stereocenters. The monoisotopic (exact) mass is 367 g/mol. The third kappa shape index (κ3) is 6.20. The van der Waals surface area contributed by atoms with E-state index in [1.54, 1.807) is 0 Å². The van der Waals surface area contributed by atoms with Gasteiger partial charge in [0.2, 0.25) is 0 Å². The second-order valence-corrected chi connectivity index (χ2v) is 6.99. The Labute approximate surface area is 163 Å². The molecule has 0 unspecified atom stereocenters. The highest BCUT2D eigenvalue weighted by atomic mass is 16.5. The first-order valence-electron chi connectivity index (χ1n) is 10.5. The number of carbonyl (C=O) groups excluding carboxylic acids is 1. The van der Waals surface area contributed by atoms with Gasteiger partial charge >= 0.3 is 5.97 Å². The van der Waals surface area contributed by atoms with Gasteiger partial charge in [0.1, 0.15) is 5.75 Å². The van der Waals surface area contributed by atoms with Crippen LogP contribution in [0.15, 0.2) is 36.4 Å². The van der Waals surface area contributed by atoms with Crippen molar-refractivity contribution in [2.45, 2.75) is 78.6 Å². The number of ether oxygens (including phenoxy) is 1. The van der Waals surface area contributed by atoms with Gasteiger partial charge in [-0.1, -0.05) is 64.3 Å². The van der Waals surface area contributed by atoms with Gasteiger partial charge in [0.05, 0.1) is 11.2 Å². The minimum Gasteiger partial charge on any atom is -0.425 e. The Kier molecular flexibility index (Phi) is 9.03. The topological polar surface area (TPSA) is 39.2 Å². The number of hydrogen-bond acceptors (Lipinski definition) is 3. The van der Waals surface area contributed by atoms with Crippen molar-refractivity contribution in [3.05, 3.63) is 47.7 Å². The predicted octanol–water partition coefficient (Wildman–Crippen LogP) is 6.57. The number of hydrogen-bond donors (Lipinski definition) is 0. The van der Waals surface area contributed by atoms with Crippen molar-refractivity contribution in [1.82, 2.24) is 4.98 Å². The Hall–Kier alpha value is -2.16. The number of rotatable bonds is 11. The summed E-state index contributed by atoms with van der Waals surface area (Å²) in [5.41, 5.74) is 2.95. The minimum absolute atomic E-state index is 0.166. The number of unbranched alkanes of at least 4 members (excludes halogenated alkanes) is 4. The van der Waals surface area contributed by atoms with E-state index >= 15 is 0 Å². The zero-order valence-corrected chi connectivity index (χ0v) is 17.1. The number of nitrogens with zero attached hydrogens (tertiary/aromatic N) is 1. The normalized spacial score (nSPS) is 11.4. The summed E-state index contributed by atoms with van der Waals surface area (Å²) in [5.74, 6) is 0.536. The van der Waals surface area contributed by atoms with Gasteiger partial charge in [-0.3, -0.25) is 9.78 Å². The molecule has 1 heterocycles. The summed E-state index contributed by atoms with van der Waals surface area (Å²) in [6.45, 7) is 6.32. The van der Waals surface area contributed by atoms with Gasteiger partial charge in [-0.15, -0.1) is 0 Å². The van der Waals surface area contributed by atoms with Gasteiger partial charge < -0.3 is 4.74 Å². The third-order valence-electron chi connectivity index (χ3n) is 4.75. The number of pyridine rings is 1. The minimum atomic E-state index is -0.166. The number of carbonyl (C=O) groups is 1. The van der Waals surface area contributed by atoms with Crippen LogP contribution in [0.5, 0.6) is 5.75 Å². The molecule has 2 aromatic rings. The van der Waals surface area contributed by atoms with Crippen molar-refractivity contribution in [1.29, 1.82) is 0 Å². The largest absolute Gasteiger partial charge is 0.425 e. The zero-order valence-electron chi connectivity index (χ0n) is 17.1. The first-order valence-corrected chi connectivity index (χ1v) is 10.5. The molecule has 27 heavy (non-hydrogen) atoms. The third-order valence-corrected chi connectivity index (χ3v) is 4.75. The molecule has 0 aliphatic rings. The van der Waals surface area contributed by atoms with Crippen molar-refractivity contribution in [3.8, 4) is 5.75 Å². The molecule has 0 saturated carbocycles. The molecule has 2 rings (SSSR count). The van der Waals surface area contributed by atoms with Gasteiger partial charge in [-0.05, 0) is 37.8 Å². The van der Waals surface area contributed by atoms with Crippen LogP contribution in [0.25, 0.3) is 10.9 Å². The van der Waals surface area contributed by atoms with Crippen LogP contribution in [0.2, 0.25) is 0 Å². The maximum Gasteiger partial charge on any atom is 0.311 e. The fourth-order valence-corrected chi connectivity index (χ4v) is 3.29. The van der Waals surface area contributed by atoms with E-state index in [1.807, 2.05) is 31.2 Å². The lowest BCUT2D eigenvalue weighted by Gasteiger charge is -2.15. The van der Waals surface area contributed by atoms with Crippen LogP contribution >= 0.6 is 0 Å². The molecule has 1 aromatic heterocycles. The van der Waals surface area contributed by atoms with E-state index < -0.39 is 0 Å². The summed E-state index contributed by atoms with van der Waals surface area (Å²) < 4.78 is 5.80. The Morgan fingerprint density at radius 2 is 1.85 bits per heavy atom. The van der Waals surface area contributed by atoms with Gasteiger partial charge in [-0.2, -0.15) is 0 Å². The Morgan fingerprint density at radius 3 is 2.59 bits per heavy atom. The Morgan fingerprint density at radius 1 is 1.04 bits per heavy atom. The van der Waals surface area contributed by atoms with Gasteiger partial charge in [0.25, 0.3) is 0 Å². The van der Waals surface area contributed by atoms with Crippen LogP contribution in [0.4, 0.5) is 0 Å². The summed E-state index contributed by atoms with van der Waals surface area (Å²) in [6, 6.07) is 7.93. The summed E-state index contributed by atoms with van der Waals surface area (Å²) in [4.78, 5) is 17.0. The van der Waals surface area contributed by atoms with Crippen LogP contribution in [0.3, 0.4) is 0 Å². The van der Waals surface area contributed by atoms with Crippen molar-refractivity contribution in [2.75, 3.05) is 0 Å². The van der Waals surface area contributed by atoms with Crippen LogP contribution in [0, 0.1) is 0 Å². The number of allylic oxidation sites excluding steroid dienone is 2. The lowest BCUT2D eigenvalue weighted by Crippen LogP contribution is -2.11. The molecule has 0 fully saturated rings. The van der Waals surface area contributed by atoms with Crippen molar-refractivity contribution in [2.24, 2.45) is 0 Å². The van der Waals surface area contributed by atoms with E-state index in [0.29, 0.717) is 12.2 Å². The Bertz CT molecular complexity index is 764. The lowest BCUT2D eigenvalue weighted by molar-refractivity contribution is -0.134. The van der Waals surface area contributed by atoms with Gasteiger partial charge in [0, 0.05) is 23.8 Å². The smallest absolute Gasteiger partial charge is 0.311 e. The van der Waals surface area contributed by atoms with E-state index in [-0.39, 0.29) is 5.97 Å². The summed E-state index contributed by atoms with van der Waals surface area (Å²) in [6.07, 6.45) is 13.5. The quantitative estimate of drug-likeness (QED) is 0.256. The molecule has 3 heteroatoms. The molecule has 3 nitrogen and oxygen atoms in total. The fourth-order valence-electron chi connectivity index (χ4n) is 3.29. The van der Waals surface area contributed by atoms with Gasteiger partial charge in [-0.25, -0.2) is 0 Å². The highest BCUT2D eigenvalue weighted by Crippen LogP contribution is 2.32. The summed E-state index contributed by atoms with van der Waals surface area (Å²) in [5, 5.41) is 0.922. The number of benzene rings is 1. The highest BCUT2D eigenvalue weighted by Gasteiger charge is 2.17. The first kappa shape index (κ1) is 21.1. The number of fused-ring (bicyclic) bond motifs is 1. The number of aromatic nitrogens is 1. The fraction of sp³-hybridized carbons (Fsp3) is 0.500.